The number of carbonyl (C=O) groups excluding carboxylic acids is 1. The molecule has 1 aliphatic rings. The molecule has 3 nitrogen and oxygen atoms in total. The first-order valence-electron chi connectivity index (χ1n) is 7.05. The molecular weight excluding hydrogens is 366 g/mol. The fourth-order valence-electron chi connectivity index (χ4n) is 2.55. The summed E-state index contributed by atoms with van der Waals surface area (Å²) in [4.78, 5) is 14.4. The van der Waals surface area contributed by atoms with Crippen LogP contribution >= 0.6 is 27.5 Å². The minimum atomic E-state index is -0.102. The topological polar surface area (TPSA) is 29.5 Å². The lowest BCUT2D eigenvalue weighted by molar-refractivity contribution is -0.0228. The van der Waals surface area contributed by atoms with Crippen molar-refractivity contribution in [2.75, 3.05) is 19.7 Å². The number of morpholine rings is 1. The molecule has 0 radical (unpaired) electrons. The maximum atomic E-state index is 12.6. The van der Waals surface area contributed by atoms with Gasteiger partial charge in [-0.05, 0) is 35.9 Å². The molecule has 0 bridgehead atoms. The largest absolute Gasteiger partial charge is 0.370 e. The number of benzene rings is 2. The molecule has 0 saturated carbocycles. The van der Waals surface area contributed by atoms with Gasteiger partial charge in [-0.15, -0.1) is 0 Å². The van der Waals surface area contributed by atoms with Crippen molar-refractivity contribution in [2.45, 2.75) is 6.10 Å². The molecule has 1 heterocycles. The van der Waals surface area contributed by atoms with Crippen LogP contribution in [0.25, 0.3) is 0 Å². The molecule has 22 heavy (non-hydrogen) atoms. The molecule has 3 rings (SSSR count). The Balaban J connectivity index is 1.77. The van der Waals surface area contributed by atoms with E-state index in [1.807, 2.05) is 29.2 Å². The van der Waals surface area contributed by atoms with E-state index in [0.717, 1.165) is 10.0 Å². The molecule has 1 aliphatic heterocycles. The molecule has 1 unspecified atom stereocenters. The van der Waals surface area contributed by atoms with Crippen molar-refractivity contribution in [3.8, 4) is 0 Å². The van der Waals surface area contributed by atoms with E-state index in [4.69, 9.17) is 16.3 Å². The van der Waals surface area contributed by atoms with Crippen molar-refractivity contribution >= 4 is 33.4 Å². The molecule has 1 atom stereocenters. The first-order valence-corrected chi connectivity index (χ1v) is 8.22. The highest BCUT2D eigenvalue weighted by atomic mass is 79.9. The monoisotopic (exact) mass is 379 g/mol. The lowest BCUT2D eigenvalue weighted by Gasteiger charge is -2.33. The van der Waals surface area contributed by atoms with E-state index >= 15 is 0 Å². The highest BCUT2D eigenvalue weighted by molar-refractivity contribution is 9.10. The van der Waals surface area contributed by atoms with E-state index in [1.165, 1.54) is 0 Å². The highest BCUT2D eigenvalue weighted by Crippen LogP contribution is 2.25. The Morgan fingerprint density at radius 3 is 2.82 bits per heavy atom. The number of hydrogen-bond donors (Lipinski definition) is 0. The Labute approximate surface area is 143 Å². The second-order valence-corrected chi connectivity index (χ2v) is 6.53. The van der Waals surface area contributed by atoms with Gasteiger partial charge in [0.05, 0.1) is 13.2 Å². The van der Waals surface area contributed by atoms with Gasteiger partial charge in [-0.1, -0.05) is 45.7 Å². The highest BCUT2D eigenvalue weighted by Gasteiger charge is 2.26. The van der Waals surface area contributed by atoms with E-state index in [0.29, 0.717) is 30.3 Å². The summed E-state index contributed by atoms with van der Waals surface area (Å²) in [5.74, 6) is -0.00852. The zero-order valence-corrected chi connectivity index (χ0v) is 14.2. The Morgan fingerprint density at radius 1 is 1.23 bits per heavy atom. The van der Waals surface area contributed by atoms with Crippen molar-refractivity contribution in [3.63, 3.8) is 0 Å². The van der Waals surface area contributed by atoms with Crippen LogP contribution < -0.4 is 0 Å². The fourth-order valence-corrected chi connectivity index (χ4v) is 3.15. The van der Waals surface area contributed by atoms with Crippen molar-refractivity contribution in [1.82, 2.24) is 4.90 Å². The molecule has 2 aromatic rings. The number of hydrogen-bond acceptors (Lipinski definition) is 2. The van der Waals surface area contributed by atoms with E-state index in [2.05, 4.69) is 15.9 Å². The van der Waals surface area contributed by atoms with Crippen LogP contribution in [-0.2, 0) is 4.74 Å². The third-order valence-electron chi connectivity index (χ3n) is 3.65. The molecule has 1 fully saturated rings. The van der Waals surface area contributed by atoms with Gasteiger partial charge in [-0.25, -0.2) is 0 Å². The predicted octanol–water partition coefficient (Wildman–Crippen LogP) is 4.32. The minimum Gasteiger partial charge on any atom is -0.370 e. The van der Waals surface area contributed by atoms with Crippen LogP contribution in [-0.4, -0.2) is 30.5 Å². The van der Waals surface area contributed by atoms with Gasteiger partial charge in [0.25, 0.3) is 5.91 Å². The molecule has 0 N–H and O–H groups in total. The summed E-state index contributed by atoms with van der Waals surface area (Å²) in [5.41, 5.74) is 1.68. The number of amides is 1. The smallest absolute Gasteiger partial charge is 0.254 e. The lowest BCUT2D eigenvalue weighted by Crippen LogP contribution is -2.42. The fraction of sp³-hybridized carbons (Fsp3) is 0.235. The standard InChI is InChI=1S/C17H15BrClNO2/c18-14-5-1-3-12(9-14)16-11-20(7-8-22-16)17(21)13-4-2-6-15(19)10-13/h1-6,9-10,16H,7-8,11H2. The van der Waals surface area contributed by atoms with Crippen LogP contribution in [0.3, 0.4) is 0 Å². The van der Waals surface area contributed by atoms with Gasteiger partial charge in [0.2, 0.25) is 0 Å². The quantitative estimate of drug-likeness (QED) is 0.777. The molecular formula is C17H15BrClNO2. The molecule has 0 aromatic heterocycles. The minimum absolute atomic E-state index is 0.00852. The van der Waals surface area contributed by atoms with Gasteiger partial charge in [-0.2, -0.15) is 0 Å². The van der Waals surface area contributed by atoms with Gasteiger partial charge < -0.3 is 9.64 Å². The molecule has 2 aromatic carbocycles. The van der Waals surface area contributed by atoms with Gasteiger partial charge >= 0.3 is 0 Å². The number of nitrogens with zero attached hydrogens (tertiary/aromatic N) is 1. The Hall–Kier alpha value is -1.36. The zero-order valence-electron chi connectivity index (χ0n) is 11.8. The van der Waals surface area contributed by atoms with Crippen LogP contribution in [0.2, 0.25) is 5.02 Å². The van der Waals surface area contributed by atoms with Crippen LogP contribution in [0.5, 0.6) is 0 Å². The molecule has 0 spiro atoms. The number of halogens is 2. The summed E-state index contributed by atoms with van der Waals surface area (Å²) >= 11 is 9.44. The van der Waals surface area contributed by atoms with E-state index in [-0.39, 0.29) is 12.0 Å². The summed E-state index contributed by atoms with van der Waals surface area (Å²) in [5, 5.41) is 0.572. The first kappa shape index (κ1) is 15.5. The third kappa shape index (κ3) is 3.51. The van der Waals surface area contributed by atoms with Crippen LogP contribution in [0, 0.1) is 0 Å². The molecule has 5 heteroatoms. The molecule has 1 saturated heterocycles. The number of rotatable bonds is 2. The molecule has 1 amide bonds. The Kier molecular flexibility index (Phi) is 4.81. The van der Waals surface area contributed by atoms with Gasteiger partial charge in [0, 0.05) is 21.6 Å². The van der Waals surface area contributed by atoms with Crippen molar-refractivity contribution in [3.05, 3.63) is 69.2 Å². The summed E-state index contributed by atoms with van der Waals surface area (Å²) in [6.07, 6.45) is -0.102. The maximum absolute atomic E-state index is 12.6. The zero-order chi connectivity index (χ0) is 15.5. The summed E-state index contributed by atoms with van der Waals surface area (Å²) in [6, 6.07) is 15.0. The van der Waals surface area contributed by atoms with Crippen molar-refractivity contribution in [1.29, 1.82) is 0 Å². The number of ether oxygens (including phenoxy) is 1. The summed E-state index contributed by atoms with van der Waals surface area (Å²) in [6.45, 7) is 1.67. The second kappa shape index (κ2) is 6.82. The Morgan fingerprint density at radius 2 is 2.05 bits per heavy atom. The second-order valence-electron chi connectivity index (χ2n) is 5.18. The molecule has 114 valence electrons. The summed E-state index contributed by atoms with van der Waals surface area (Å²) < 4.78 is 6.82. The van der Waals surface area contributed by atoms with Gasteiger partial charge in [-0.3, -0.25) is 4.79 Å². The third-order valence-corrected chi connectivity index (χ3v) is 4.37. The summed E-state index contributed by atoms with van der Waals surface area (Å²) in [7, 11) is 0. The van der Waals surface area contributed by atoms with Crippen LogP contribution in [0.15, 0.2) is 53.0 Å². The Bertz CT molecular complexity index is 692. The van der Waals surface area contributed by atoms with E-state index in [9.17, 15) is 4.79 Å². The lowest BCUT2D eigenvalue weighted by atomic mass is 10.1. The number of carbonyl (C=O) groups is 1. The van der Waals surface area contributed by atoms with Crippen molar-refractivity contribution in [2.24, 2.45) is 0 Å². The van der Waals surface area contributed by atoms with Crippen LogP contribution in [0.4, 0.5) is 0 Å². The van der Waals surface area contributed by atoms with Gasteiger partial charge in [0.1, 0.15) is 6.10 Å². The first-order chi connectivity index (χ1) is 10.6. The normalized spacial score (nSPS) is 18.3. The van der Waals surface area contributed by atoms with E-state index < -0.39 is 0 Å². The average molecular weight is 381 g/mol. The maximum Gasteiger partial charge on any atom is 0.254 e. The SMILES string of the molecule is O=C(c1cccc(Cl)c1)N1CCOC(c2cccc(Br)c2)C1. The van der Waals surface area contributed by atoms with Crippen LogP contribution in [0.1, 0.15) is 22.0 Å². The van der Waals surface area contributed by atoms with Gasteiger partial charge in [0.15, 0.2) is 0 Å². The van der Waals surface area contributed by atoms with Crippen molar-refractivity contribution < 1.29 is 9.53 Å². The average Bonchev–Trinajstić information content (AvgIpc) is 2.54. The predicted molar refractivity (Wildman–Crippen MR) is 90.2 cm³/mol. The van der Waals surface area contributed by atoms with E-state index in [1.54, 1.807) is 24.3 Å². The molecule has 0 aliphatic carbocycles.